The van der Waals surface area contributed by atoms with Gasteiger partial charge < -0.3 is 24.7 Å². The number of aromatic nitrogens is 3. The van der Waals surface area contributed by atoms with Gasteiger partial charge in [-0.2, -0.15) is 0 Å². The van der Waals surface area contributed by atoms with Gasteiger partial charge in [0.2, 0.25) is 11.8 Å². The highest BCUT2D eigenvalue weighted by atomic mass is 32.2. The number of carbonyl (C=O) groups is 4. The van der Waals surface area contributed by atoms with E-state index in [1.165, 1.54) is 18.2 Å². The quantitative estimate of drug-likeness (QED) is 0.183. The van der Waals surface area contributed by atoms with Crippen molar-refractivity contribution in [3.05, 3.63) is 57.7 Å². The summed E-state index contributed by atoms with van der Waals surface area (Å²) in [5.74, 6) is -1.02. The standard InChI is InChI=1S/C31H39N5O6S2/c1-5-41-29(39)25-19(3)26(30(40)42-6-2)44-28(25)33-27(38)20(4)43-31-35-34-23(36(31)22-15-11-8-12-16-22)18-32-24(37)17-21-13-9-7-10-14-21/h7,9-10,13-14,20,22H,5-6,8,11-12,15-18H2,1-4H3,(H,32,37)(H,33,38)/t20-/m0/s1. The summed E-state index contributed by atoms with van der Waals surface area (Å²) in [4.78, 5) is 51.6. The summed E-state index contributed by atoms with van der Waals surface area (Å²) in [7, 11) is 0. The molecule has 236 valence electrons. The zero-order valence-corrected chi connectivity index (χ0v) is 27.1. The molecule has 0 spiro atoms. The van der Waals surface area contributed by atoms with Gasteiger partial charge in [-0.25, -0.2) is 9.59 Å². The topological polar surface area (TPSA) is 142 Å². The molecule has 0 saturated heterocycles. The molecule has 1 fully saturated rings. The van der Waals surface area contributed by atoms with Gasteiger partial charge in [0, 0.05) is 6.04 Å². The Morgan fingerprint density at radius 2 is 1.70 bits per heavy atom. The number of nitrogens with one attached hydrogen (secondary N) is 2. The number of benzene rings is 1. The van der Waals surface area contributed by atoms with Crippen LogP contribution in [-0.2, 0) is 32.0 Å². The number of nitrogens with zero attached hydrogens (tertiary/aromatic N) is 3. The average Bonchev–Trinajstić information content (AvgIpc) is 3.57. The Morgan fingerprint density at radius 1 is 1.02 bits per heavy atom. The van der Waals surface area contributed by atoms with E-state index in [4.69, 9.17) is 9.47 Å². The first-order valence-electron chi connectivity index (χ1n) is 14.9. The third kappa shape index (κ3) is 8.26. The molecule has 44 heavy (non-hydrogen) atoms. The van der Waals surface area contributed by atoms with Crippen LogP contribution in [0.4, 0.5) is 5.00 Å². The summed E-state index contributed by atoms with van der Waals surface area (Å²) in [5.41, 5.74) is 1.47. The fourth-order valence-corrected chi connectivity index (χ4v) is 7.13. The van der Waals surface area contributed by atoms with E-state index in [1.807, 2.05) is 30.3 Å². The molecule has 4 rings (SSSR count). The Labute approximate surface area is 265 Å². The molecule has 2 N–H and O–H groups in total. The lowest BCUT2D eigenvalue weighted by molar-refractivity contribution is -0.120. The van der Waals surface area contributed by atoms with Crippen molar-refractivity contribution in [3.63, 3.8) is 0 Å². The number of hydrogen-bond donors (Lipinski definition) is 2. The SMILES string of the molecule is CCOC(=O)c1sc(NC(=O)[C@H](C)Sc2nnc(CNC(=O)Cc3ccccc3)n2C2CCCCC2)c(C(=O)OCC)c1C. The van der Waals surface area contributed by atoms with Crippen molar-refractivity contribution in [2.45, 2.75) is 89.2 Å². The van der Waals surface area contributed by atoms with Crippen LogP contribution in [0.2, 0.25) is 0 Å². The second-order valence-corrected chi connectivity index (χ2v) is 12.8. The minimum Gasteiger partial charge on any atom is -0.462 e. The Hall–Kier alpha value is -3.71. The highest BCUT2D eigenvalue weighted by molar-refractivity contribution is 8.00. The number of hydrogen-bond acceptors (Lipinski definition) is 10. The van der Waals surface area contributed by atoms with Crippen molar-refractivity contribution >= 4 is 51.9 Å². The van der Waals surface area contributed by atoms with E-state index in [0.29, 0.717) is 16.5 Å². The Morgan fingerprint density at radius 3 is 2.39 bits per heavy atom. The lowest BCUT2D eigenvalue weighted by atomic mass is 9.95. The van der Waals surface area contributed by atoms with E-state index < -0.39 is 17.2 Å². The maximum atomic E-state index is 13.4. The van der Waals surface area contributed by atoms with Gasteiger partial charge in [0.1, 0.15) is 9.88 Å². The summed E-state index contributed by atoms with van der Waals surface area (Å²) in [5, 5.41) is 14.8. The number of ether oxygens (including phenoxy) is 2. The van der Waals surface area contributed by atoms with Crippen LogP contribution in [0.5, 0.6) is 0 Å². The van der Waals surface area contributed by atoms with E-state index in [1.54, 1.807) is 27.7 Å². The molecule has 2 aromatic heterocycles. The molecule has 1 aromatic carbocycles. The van der Waals surface area contributed by atoms with Crippen LogP contribution in [0.3, 0.4) is 0 Å². The number of carbonyl (C=O) groups excluding carboxylic acids is 4. The van der Waals surface area contributed by atoms with Crippen molar-refractivity contribution < 1.29 is 28.7 Å². The molecule has 2 amide bonds. The maximum absolute atomic E-state index is 13.4. The van der Waals surface area contributed by atoms with Crippen molar-refractivity contribution in [2.24, 2.45) is 0 Å². The van der Waals surface area contributed by atoms with E-state index >= 15 is 0 Å². The molecule has 11 nitrogen and oxygen atoms in total. The second-order valence-electron chi connectivity index (χ2n) is 10.5. The highest BCUT2D eigenvalue weighted by Crippen LogP contribution is 2.37. The minimum atomic E-state index is -0.622. The number of anilines is 1. The van der Waals surface area contributed by atoms with Crippen molar-refractivity contribution in [2.75, 3.05) is 18.5 Å². The van der Waals surface area contributed by atoms with Crippen molar-refractivity contribution in [1.82, 2.24) is 20.1 Å². The molecule has 0 aliphatic heterocycles. The summed E-state index contributed by atoms with van der Waals surface area (Å²) in [6, 6.07) is 9.71. The Bertz CT molecular complexity index is 1470. The van der Waals surface area contributed by atoms with Crippen LogP contribution < -0.4 is 10.6 Å². The van der Waals surface area contributed by atoms with Gasteiger partial charge in [0.25, 0.3) is 0 Å². The third-order valence-electron chi connectivity index (χ3n) is 7.30. The Balaban J connectivity index is 1.51. The molecule has 0 bridgehead atoms. The molecular weight excluding hydrogens is 603 g/mol. The normalized spacial score (nSPS) is 14.1. The van der Waals surface area contributed by atoms with Crippen LogP contribution in [0.1, 0.15) is 95.9 Å². The monoisotopic (exact) mass is 641 g/mol. The molecule has 0 unspecified atom stereocenters. The van der Waals surface area contributed by atoms with Gasteiger partial charge in [-0.1, -0.05) is 61.4 Å². The number of rotatable bonds is 13. The maximum Gasteiger partial charge on any atom is 0.348 e. The zero-order chi connectivity index (χ0) is 31.6. The van der Waals surface area contributed by atoms with Crippen LogP contribution >= 0.6 is 23.1 Å². The van der Waals surface area contributed by atoms with Crippen LogP contribution in [0.15, 0.2) is 35.5 Å². The van der Waals surface area contributed by atoms with E-state index in [0.717, 1.165) is 42.6 Å². The van der Waals surface area contributed by atoms with Gasteiger partial charge in [-0.15, -0.1) is 21.5 Å². The van der Waals surface area contributed by atoms with Crippen molar-refractivity contribution in [3.8, 4) is 0 Å². The number of thioether (sulfide) groups is 1. The van der Waals surface area contributed by atoms with Gasteiger partial charge >= 0.3 is 11.9 Å². The van der Waals surface area contributed by atoms with Crippen LogP contribution in [0.25, 0.3) is 0 Å². The molecule has 1 saturated carbocycles. The first-order valence-corrected chi connectivity index (χ1v) is 16.6. The van der Waals surface area contributed by atoms with Crippen molar-refractivity contribution in [1.29, 1.82) is 0 Å². The second kappa shape index (κ2) is 15.8. The fourth-order valence-electron chi connectivity index (χ4n) is 5.10. The molecule has 0 radical (unpaired) electrons. The molecule has 1 atom stereocenters. The summed E-state index contributed by atoms with van der Waals surface area (Å²) in [6.07, 6.45) is 5.53. The molecule has 3 aromatic rings. The van der Waals surface area contributed by atoms with Gasteiger partial charge in [-0.05, 0) is 51.7 Å². The predicted molar refractivity (Wildman–Crippen MR) is 169 cm³/mol. The van der Waals surface area contributed by atoms with Crippen LogP contribution in [0, 0.1) is 6.92 Å². The zero-order valence-electron chi connectivity index (χ0n) is 25.5. The average molecular weight is 642 g/mol. The number of esters is 2. The highest BCUT2D eigenvalue weighted by Gasteiger charge is 2.30. The van der Waals surface area contributed by atoms with Crippen LogP contribution in [-0.4, -0.2) is 57.0 Å². The molecular formula is C31H39N5O6S2. The molecule has 13 heteroatoms. The fraction of sp³-hybridized carbons (Fsp3) is 0.484. The van der Waals surface area contributed by atoms with E-state index in [2.05, 4.69) is 25.4 Å². The first-order chi connectivity index (χ1) is 21.2. The smallest absolute Gasteiger partial charge is 0.348 e. The molecule has 1 aliphatic rings. The predicted octanol–water partition coefficient (Wildman–Crippen LogP) is 5.48. The first kappa shape index (κ1) is 33.2. The minimum absolute atomic E-state index is 0.109. The molecule has 2 heterocycles. The lowest BCUT2D eigenvalue weighted by Crippen LogP contribution is -2.28. The van der Waals surface area contributed by atoms with Gasteiger partial charge in [-0.3, -0.25) is 9.59 Å². The Kier molecular flexibility index (Phi) is 12.0. The largest absolute Gasteiger partial charge is 0.462 e. The van der Waals surface area contributed by atoms with Gasteiger partial charge in [0.05, 0.1) is 37.0 Å². The summed E-state index contributed by atoms with van der Waals surface area (Å²) >= 11 is 2.25. The number of thiophene rings is 1. The summed E-state index contributed by atoms with van der Waals surface area (Å²) in [6.45, 7) is 7.33. The number of amides is 2. The van der Waals surface area contributed by atoms with E-state index in [-0.39, 0.29) is 59.5 Å². The molecule has 1 aliphatic carbocycles. The van der Waals surface area contributed by atoms with Gasteiger partial charge in [0.15, 0.2) is 11.0 Å². The van der Waals surface area contributed by atoms with E-state index in [9.17, 15) is 19.2 Å². The summed E-state index contributed by atoms with van der Waals surface area (Å²) < 4.78 is 12.4. The third-order valence-corrected chi connectivity index (χ3v) is 9.55. The lowest BCUT2D eigenvalue weighted by Gasteiger charge is -2.26.